The van der Waals surface area contributed by atoms with Gasteiger partial charge < -0.3 is 14.6 Å². The fraction of sp³-hybridized carbons (Fsp3) is 0.786. The molecule has 6 nitrogen and oxygen atoms in total. The van der Waals surface area contributed by atoms with Crippen LogP contribution in [0.2, 0.25) is 0 Å². The number of carboxylic acid groups (broad SMARTS) is 1. The molecule has 1 rings (SSSR count). The maximum absolute atomic E-state index is 10.7. The summed E-state index contributed by atoms with van der Waals surface area (Å²) in [6.45, 7) is 8.34. The zero-order chi connectivity index (χ0) is 15.8. The Morgan fingerprint density at radius 1 is 1.38 bits per heavy atom. The monoisotopic (exact) mass is 314 g/mol. The van der Waals surface area contributed by atoms with Crippen LogP contribution in [0.1, 0.15) is 39.4 Å². The molecule has 0 fully saturated rings. The van der Waals surface area contributed by atoms with Crippen LogP contribution >= 0.6 is 11.8 Å². The highest BCUT2D eigenvalue weighted by Crippen LogP contribution is 2.18. The molecule has 1 aromatic rings. The van der Waals surface area contributed by atoms with E-state index in [0.717, 1.165) is 38.2 Å². The van der Waals surface area contributed by atoms with Gasteiger partial charge in [-0.05, 0) is 40.3 Å². The number of aromatic nitrogens is 3. The highest BCUT2D eigenvalue weighted by atomic mass is 32.2. The lowest BCUT2D eigenvalue weighted by molar-refractivity contribution is -0.133. The molecule has 0 aliphatic heterocycles. The van der Waals surface area contributed by atoms with Gasteiger partial charge >= 0.3 is 5.97 Å². The van der Waals surface area contributed by atoms with Crippen molar-refractivity contribution in [1.29, 1.82) is 0 Å². The third-order valence-electron chi connectivity index (χ3n) is 3.46. The van der Waals surface area contributed by atoms with Gasteiger partial charge in [0, 0.05) is 19.0 Å². The second kappa shape index (κ2) is 9.04. The van der Waals surface area contributed by atoms with Crippen molar-refractivity contribution >= 4 is 17.7 Å². The van der Waals surface area contributed by atoms with Gasteiger partial charge in [0.15, 0.2) is 5.16 Å². The van der Waals surface area contributed by atoms with Crippen molar-refractivity contribution in [1.82, 2.24) is 19.7 Å². The van der Waals surface area contributed by atoms with Crippen LogP contribution in [-0.4, -0.2) is 56.1 Å². The summed E-state index contributed by atoms with van der Waals surface area (Å²) in [6, 6.07) is 0.563. The molecule has 0 aliphatic carbocycles. The maximum atomic E-state index is 10.7. The zero-order valence-corrected chi connectivity index (χ0v) is 14.2. The van der Waals surface area contributed by atoms with Gasteiger partial charge in [-0.3, -0.25) is 4.79 Å². The van der Waals surface area contributed by atoms with E-state index in [4.69, 9.17) is 5.11 Å². The third kappa shape index (κ3) is 6.05. The molecule has 0 radical (unpaired) electrons. The predicted molar refractivity (Wildman–Crippen MR) is 84.8 cm³/mol. The number of hydrogen-bond donors (Lipinski definition) is 1. The van der Waals surface area contributed by atoms with Crippen LogP contribution in [-0.2, 0) is 17.8 Å². The number of rotatable bonds is 10. The molecule has 0 aliphatic rings. The van der Waals surface area contributed by atoms with Crippen LogP contribution < -0.4 is 0 Å². The van der Waals surface area contributed by atoms with Gasteiger partial charge in [0.05, 0.1) is 5.75 Å². The van der Waals surface area contributed by atoms with Crippen molar-refractivity contribution in [2.45, 2.75) is 57.8 Å². The van der Waals surface area contributed by atoms with Gasteiger partial charge in [0.25, 0.3) is 0 Å². The molecule has 0 unspecified atom stereocenters. The van der Waals surface area contributed by atoms with E-state index in [9.17, 15) is 4.79 Å². The zero-order valence-electron chi connectivity index (χ0n) is 13.4. The first-order valence-electron chi connectivity index (χ1n) is 7.42. The van der Waals surface area contributed by atoms with Crippen molar-refractivity contribution < 1.29 is 9.90 Å². The van der Waals surface area contributed by atoms with Crippen molar-refractivity contribution in [3.05, 3.63) is 5.82 Å². The van der Waals surface area contributed by atoms with Gasteiger partial charge in [-0.1, -0.05) is 18.7 Å². The molecule has 0 spiro atoms. The molecule has 0 amide bonds. The predicted octanol–water partition coefficient (Wildman–Crippen LogP) is 2.14. The Bertz CT molecular complexity index is 448. The Labute approximate surface area is 130 Å². The van der Waals surface area contributed by atoms with Crippen molar-refractivity contribution in [2.24, 2.45) is 0 Å². The van der Waals surface area contributed by atoms with Crippen LogP contribution in [0.25, 0.3) is 0 Å². The van der Waals surface area contributed by atoms with Crippen LogP contribution in [0, 0.1) is 0 Å². The molecule has 0 aromatic carbocycles. The molecule has 1 aromatic heterocycles. The molecule has 7 heteroatoms. The SMILES string of the molecule is CCc1nnc(SCC(=O)O)n1CCCCN(C)C(C)C. The van der Waals surface area contributed by atoms with E-state index in [1.165, 1.54) is 11.8 Å². The van der Waals surface area contributed by atoms with E-state index in [1.807, 2.05) is 6.92 Å². The average Bonchev–Trinajstić information content (AvgIpc) is 2.82. The second-order valence-electron chi connectivity index (χ2n) is 5.37. The van der Waals surface area contributed by atoms with Crippen LogP contribution in [0.15, 0.2) is 5.16 Å². The quantitative estimate of drug-likeness (QED) is 0.527. The maximum Gasteiger partial charge on any atom is 0.313 e. The van der Waals surface area contributed by atoms with Crippen LogP contribution in [0.5, 0.6) is 0 Å². The number of aliphatic carboxylic acids is 1. The summed E-state index contributed by atoms with van der Waals surface area (Å²) in [5.74, 6) is 0.129. The van der Waals surface area contributed by atoms with E-state index in [1.54, 1.807) is 0 Å². The highest BCUT2D eigenvalue weighted by Gasteiger charge is 2.12. The molecule has 0 atom stereocenters. The van der Waals surface area contributed by atoms with Crippen molar-refractivity contribution in [3.63, 3.8) is 0 Å². The summed E-state index contributed by atoms with van der Waals surface area (Å²) in [4.78, 5) is 13.0. The fourth-order valence-corrected chi connectivity index (χ4v) is 2.63. The van der Waals surface area contributed by atoms with Crippen LogP contribution in [0.3, 0.4) is 0 Å². The first-order valence-corrected chi connectivity index (χ1v) is 8.41. The Morgan fingerprint density at radius 2 is 2.10 bits per heavy atom. The summed E-state index contributed by atoms with van der Waals surface area (Å²) < 4.78 is 2.06. The molecule has 1 heterocycles. The second-order valence-corrected chi connectivity index (χ2v) is 6.31. The fourth-order valence-electron chi connectivity index (χ4n) is 1.93. The average molecular weight is 314 g/mol. The lowest BCUT2D eigenvalue weighted by Gasteiger charge is -2.20. The van der Waals surface area contributed by atoms with Gasteiger partial charge in [0.1, 0.15) is 5.82 Å². The normalized spacial score (nSPS) is 11.5. The standard InChI is InChI=1S/C14H26N4O2S/c1-5-12-15-16-14(21-10-13(19)20)18(12)9-7-6-8-17(4)11(2)3/h11H,5-10H2,1-4H3,(H,19,20). The van der Waals surface area contributed by atoms with Crippen LogP contribution in [0.4, 0.5) is 0 Å². The lowest BCUT2D eigenvalue weighted by atomic mass is 10.2. The summed E-state index contributed by atoms with van der Waals surface area (Å²) in [5.41, 5.74) is 0. The molecule has 21 heavy (non-hydrogen) atoms. The lowest BCUT2D eigenvalue weighted by Crippen LogP contribution is -2.27. The Morgan fingerprint density at radius 3 is 2.67 bits per heavy atom. The number of carboxylic acids is 1. The minimum atomic E-state index is -0.828. The molecule has 0 saturated heterocycles. The first kappa shape index (κ1) is 18.0. The largest absolute Gasteiger partial charge is 0.481 e. The topological polar surface area (TPSA) is 71.2 Å². The number of unbranched alkanes of at least 4 members (excludes halogenated alkanes) is 1. The summed E-state index contributed by atoms with van der Waals surface area (Å²) in [6.07, 6.45) is 2.97. The van der Waals surface area contributed by atoms with E-state index >= 15 is 0 Å². The Balaban J connectivity index is 2.52. The molecular weight excluding hydrogens is 288 g/mol. The highest BCUT2D eigenvalue weighted by molar-refractivity contribution is 7.99. The summed E-state index contributed by atoms with van der Waals surface area (Å²) >= 11 is 1.24. The number of hydrogen-bond acceptors (Lipinski definition) is 5. The van der Waals surface area contributed by atoms with E-state index in [2.05, 4.69) is 40.6 Å². The minimum Gasteiger partial charge on any atom is -0.481 e. The molecule has 0 saturated carbocycles. The molecule has 1 N–H and O–H groups in total. The third-order valence-corrected chi connectivity index (χ3v) is 4.41. The van der Waals surface area contributed by atoms with Gasteiger partial charge in [-0.25, -0.2) is 0 Å². The number of aryl methyl sites for hydroxylation is 1. The summed E-state index contributed by atoms with van der Waals surface area (Å²) in [5, 5.41) is 17.7. The molecule has 0 bridgehead atoms. The van der Waals surface area contributed by atoms with Gasteiger partial charge in [-0.15, -0.1) is 10.2 Å². The van der Waals surface area contributed by atoms with E-state index in [0.29, 0.717) is 11.2 Å². The van der Waals surface area contributed by atoms with Gasteiger partial charge in [0.2, 0.25) is 0 Å². The summed E-state index contributed by atoms with van der Waals surface area (Å²) in [7, 11) is 2.13. The van der Waals surface area contributed by atoms with E-state index < -0.39 is 5.97 Å². The van der Waals surface area contributed by atoms with Crippen molar-refractivity contribution in [2.75, 3.05) is 19.3 Å². The Kier molecular flexibility index (Phi) is 7.74. The number of nitrogens with zero attached hydrogens (tertiary/aromatic N) is 4. The Hall–Kier alpha value is -1.08. The minimum absolute atomic E-state index is 0.0257. The number of thioether (sulfide) groups is 1. The van der Waals surface area contributed by atoms with Crippen molar-refractivity contribution in [3.8, 4) is 0 Å². The smallest absolute Gasteiger partial charge is 0.313 e. The molecule has 120 valence electrons. The first-order chi connectivity index (χ1) is 9.95. The van der Waals surface area contributed by atoms with E-state index in [-0.39, 0.29) is 5.75 Å². The van der Waals surface area contributed by atoms with Gasteiger partial charge in [-0.2, -0.15) is 0 Å². The number of carbonyl (C=O) groups is 1. The molecular formula is C14H26N4O2S.